The highest BCUT2D eigenvalue weighted by Crippen LogP contribution is 2.45. The van der Waals surface area contributed by atoms with Crippen molar-refractivity contribution in [2.75, 3.05) is 48.6 Å². The van der Waals surface area contributed by atoms with Crippen LogP contribution in [0.5, 0.6) is 11.5 Å². The molecular formula is C23H25N7O3. The van der Waals surface area contributed by atoms with Gasteiger partial charge in [-0.2, -0.15) is 5.26 Å². The van der Waals surface area contributed by atoms with Crippen molar-refractivity contribution in [1.82, 2.24) is 9.97 Å². The third-order valence-corrected chi connectivity index (χ3v) is 5.85. The number of nitrogens with zero attached hydrogens (tertiary/aromatic N) is 5. The van der Waals surface area contributed by atoms with Crippen LogP contribution in [0.4, 0.5) is 29.0 Å². The zero-order valence-electron chi connectivity index (χ0n) is 19.0. The standard InChI is InChI=1S/C23H25N7O3/c1-5-29(6-2)22-14(11-24)18-13-10-17(31)30(12-7-8-15(32-3)16(9-12)33-4)23(13)28-21(26)19(18)20(25)27-22/h7-9H,5-6,10H2,1-4H3,(H2,25,27)(H2,26,28). The summed E-state index contributed by atoms with van der Waals surface area (Å²) in [5, 5.41) is 11.0. The van der Waals surface area contributed by atoms with E-state index in [9.17, 15) is 10.1 Å². The van der Waals surface area contributed by atoms with Gasteiger partial charge in [0, 0.05) is 30.1 Å². The summed E-state index contributed by atoms with van der Waals surface area (Å²) in [6.45, 7) is 5.23. The third kappa shape index (κ3) is 3.29. The summed E-state index contributed by atoms with van der Waals surface area (Å²) in [5.74, 6) is 1.92. The number of benzene rings is 1. The van der Waals surface area contributed by atoms with Gasteiger partial charge < -0.3 is 25.8 Å². The summed E-state index contributed by atoms with van der Waals surface area (Å²) in [6.07, 6.45) is 0.0449. The van der Waals surface area contributed by atoms with Gasteiger partial charge in [0.1, 0.15) is 34.9 Å². The molecule has 0 fully saturated rings. The van der Waals surface area contributed by atoms with Crippen LogP contribution in [-0.4, -0.2) is 43.2 Å². The van der Waals surface area contributed by atoms with E-state index >= 15 is 0 Å². The van der Waals surface area contributed by atoms with E-state index in [0.717, 1.165) is 0 Å². The number of pyridine rings is 2. The van der Waals surface area contributed by atoms with E-state index in [4.69, 9.17) is 20.9 Å². The minimum Gasteiger partial charge on any atom is -0.493 e. The fourth-order valence-corrected chi connectivity index (χ4v) is 4.29. The SMILES string of the molecule is CCN(CC)c1nc(N)c2c(N)nc3c(c2c1C#N)CC(=O)N3c1ccc(OC)c(OC)c1. The van der Waals surface area contributed by atoms with Gasteiger partial charge in [-0.25, -0.2) is 9.97 Å². The van der Waals surface area contributed by atoms with E-state index in [2.05, 4.69) is 16.0 Å². The van der Waals surface area contributed by atoms with E-state index in [0.29, 0.717) is 63.8 Å². The van der Waals surface area contributed by atoms with Gasteiger partial charge in [-0.05, 0) is 26.0 Å². The number of carbonyl (C=O) groups excluding carboxylic acids is 1. The molecule has 10 nitrogen and oxygen atoms in total. The first-order valence-corrected chi connectivity index (χ1v) is 10.5. The first kappa shape index (κ1) is 22.0. The number of hydrogen-bond acceptors (Lipinski definition) is 9. The maximum absolute atomic E-state index is 13.2. The van der Waals surface area contributed by atoms with E-state index in [1.807, 2.05) is 18.7 Å². The van der Waals surface area contributed by atoms with Crippen LogP contribution < -0.4 is 30.7 Å². The fourth-order valence-electron chi connectivity index (χ4n) is 4.29. The lowest BCUT2D eigenvalue weighted by Crippen LogP contribution is -2.25. The van der Waals surface area contributed by atoms with Crippen molar-refractivity contribution in [3.05, 3.63) is 29.3 Å². The molecular weight excluding hydrogens is 422 g/mol. The predicted octanol–water partition coefficient (Wildman–Crippen LogP) is 2.75. The number of nitrogen functional groups attached to an aromatic ring is 2. The summed E-state index contributed by atoms with van der Waals surface area (Å²) < 4.78 is 10.7. The fraction of sp³-hybridized carbons (Fsp3) is 0.304. The van der Waals surface area contributed by atoms with Crippen LogP contribution in [0.25, 0.3) is 10.8 Å². The average molecular weight is 447 g/mol. The Morgan fingerprint density at radius 1 is 1.09 bits per heavy atom. The van der Waals surface area contributed by atoms with Gasteiger partial charge in [-0.1, -0.05) is 0 Å². The minimum absolute atomic E-state index is 0.0449. The average Bonchev–Trinajstić information content (AvgIpc) is 3.14. The number of aromatic nitrogens is 2. The van der Waals surface area contributed by atoms with Gasteiger partial charge in [-0.15, -0.1) is 0 Å². The second-order valence-corrected chi connectivity index (χ2v) is 7.47. The third-order valence-electron chi connectivity index (χ3n) is 5.85. The van der Waals surface area contributed by atoms with Gasteiger partial charge >= 0.3 is 0 Å². The van der Waals surface area contributed by atoms with E-state index in [1.54, 1.807) is 18.2 Å². The van der Waals surface area contributed by atoms with Gasteiger partial charge in [-0.3, -0.25) is 9.69 Å². The van der Waals surface area contributed by atoms with Crippen LogP contribution >= 0.6 is 0 Å². The minimum atomic E-state index is -0.208. The normalized spacial score (nSPS) is 12.6. The molecule has 0 radical (unpaired) electrons. The van der Waals surface area contributed by atoms with Crippen molar-refractivity contribution >= 4 is 45.6 Å². The molecule has 0 aliphatic carbocycles. The van der Waals surface area contributed by atoms with Crippen molar-refractivity contribution in [1.29, 1.82) is 5.26 Å². The molecule has 1 amide bonds. The number of hydrogen-bond donors (Lipinski definition) is 2. The molecule has 10 heteroatoms. The largest absolute Gasteiger partial charge is 0.493 e. The number of methoxy groups -OCH3 is 2. The lowest BCUT2D eigenvalue weighted by Gasteiger charge is -2.23. The topological polar surface area (TPSA) is 144 Å². The van der Waals surface area contributed by atoms with Gasteiger partial charge in [0.2, 0.25) is 5.91 Å². The molecule has 4 N–H and O–H groups in total. The molecule has 0 saturated heterocycles. The molecule has 0 spiro atoms. The molecule has 1 aliphatic heterocycles. The molecule has 170 valence electrons. The molecule has 1 aromatic carbocycles. The number of fused-ring (bicyclic) bond motifs is 3. The van der Waals surface area contributed by atoms with Crippen molar-refractivity contribution in [3.63, 3.8) is 0 Å². The molecule has 0 bridgehead atoms. The lowest BCUT2D eigenvalue weighted by atomic mass is 10.0. The lowest BCUT2D eigenvalue weighted by molar-refractivity contribution is -0.116. The zero-order chi connectivity index (χ0) is 23.9. The molecule has 2 aromatic heterocycles. The Morgan fingerprint density at radius 3 is 2.36 bits per heavy atom. The van der Waals surface area contributed by atoms with Crippen molar-refractivity contribution in [3.8, 4) is 17.6 Å². The highest BCUT2D eigenvalue weighted by atomic mass is 16.5. The first-order chi connectivity index (χ1) is 15.9. The number of carbonyl (C=O) groups is 1. The van der Waals surface area contributed by atoms with Crippen molar-refractivity contribution in [2.45, 2.75) is 20.3 Å². The molecule has 0 unspecified atom stereocenters. The summed E-state index contributed by atoms with van der Waals surface area (Å²) in [5.41, 5.74) is 14.0. The van der Waals surface area contributed by atoms with Crippen molar-refractivity contribution < 1.29 is 14.3 Å². The van der Waals surface area contributed by atoms with E-state index in [-0.39, 0.29) is 24.0 Å². The zero-order valence-corrected chi connectivity index (χ0v) is 19.0. The molecule has 1 aliphatic rings. The molecule has 4 rings (SSSR count). The summed E-state index contributed by atoms with van der Waals surface area (Å²) in [4.78, 5) is 25.6. The monoisotopic (exact) mass is 447 g/mol. The molecule has 3 aromatic rings. The van der Waals surface area contributed by atoms with Gasteiger partial charge in [0.15, 0.2) is 11.5 Å². The summed E-state index contributed by atoms with van der Waals surface area (Å²) in [7, 11) is 3.06. The second-order valence-electron chi connectivity index (χ2n) is 7.47. The number of amides is 1. The van der Waals surface area contributed by atoms with Crippen LogP contribution in [0.2, 0.25) is 0 Å². The highest BCUT2D eigenvalue weighted by Gasteiger charge is 2.35. The van der Waals surface area contributed by atoms with Crippen LogP contribution in [0.3, 0.4) is 0 Å². The van der Waals surface area contributed by atoms with Gasteiger partial charge in [0.25, 0.3) is 0 Å². The van der Waals surface area contributed by atoms with Crippen LogP contribution in [0, 0.1) is 11.3 Å². The van der Waals surface area contributed by atoms with Crippen LogP contribution in [0.15, 0.2) is 18.2 Å². The number of nitrogens with two attached hydrogens (primary N) is 2. The number of rotatable bonds is 6. The van der Waals surface area contributed by atoms with E-state index in [1.165, 1.54) is 19.1 Å². The van der Waals surface area contributed by atoms with Crippen molar-refractivity contribution in [2.24, 2.45) is 0 Å². The summed E-state index contributed by atoms with van der Waals surface area (Å²) in [6, 6.07) is 7.41. The quantitative estimate of drug-likeness (QED) is 0.583. The second kappa shape index (κ2) is 8.35. The number of ether oxygens (including phenoxy) is 2. The predicted molar refractivity (Wildman–Crippen MR) is 127 cm³/mol. The molecule has 33 heavy (non-hydrogen) atoms. The Kier molecular flexibility index (Phi) is 5.55. The Labute approximate surface area is 191 Å². The Bertz CT molecular complexity index is 1310. The Balaban J connectivity index is 2.02. The highest BCUT2D eigenvalue weighted by molar-refractivity contribution is 6.15. The number of nitriles is 1. The smallest absolute Gasteiger partial charge is 0.237 e. The number of anilines is 5. The maximum Gasteiger partial charge on any atom is 0.237 e. The van der Waals surface area contributed by atoms with Crippen LogP contribution in [-0.2, 0) is 11.2 Å². The van der Waals surface area contributed by atoms with Crippen LogP contribution in [0.1, 0.15) is 25.0 Å². The summed E-state index contributed by atoms with van der Waals surface area (Å²) >= 11 is 0. The Hall–Kier alpha value is -4.26. The van der Waals surface area contributed by atoms with Gasteiger partial charge in [0.05, 0.1) is 31.7 Å². The molecule has 0 saturated carbocycles. The Morgan fingerprint density at radius 2 is 1.76 bits per heavy atom. The first-order valence-electron chi connectivity index (χ1n) is 10.5. The molecule has 3 heterocycles. The molecule has 0 atom stereocenters. The maximum atomic E-state index is 13.2. The van der Waals surface area contributed by atoms with E-state index < -0.39 is 0 Å².